The van der Waals surface area contributed by atoms with Crippen LogP contribution in [0.15, 0.2) is 243 Å². The predicted octanol–water partition coefficient (Wildman–Crippen LogP) is 18.1. The first-order valence-corrected chi connectivity index (χ1v) is 23.9. The largest absolute Gasteiger partial charge is 0.398 e. The smallest absolute Gasteiger partial charge is 0.0468 e. The number of fused-ring (bicyclic) bond motifs is 5. The van der Waals surface area contributed by atoms with Gasteiger partial charge in [-0.05, 0) is 169 Å². The van der Waals surface area contributed by atoms with Gasteiger partial charge in [-0.1, -0.05) is 172 Å². The summed E-state index contributed by atoms with van der Waals surface area (Å²) in [7, 11) is 0. The van der Waals surface area contributed by atoms with Crippen molar-refractivity contribution in [1.29, 1.82) is 0 Å². The van der Waals surface area contributed by atoms with Crippen LogP contribution in [-0.4, -0.2) is 0 Å². The Morgan fingerprint density at radius 3 is 1.64 bits per heavy atom. The van der Waals surface area contributed by atoms with E-state index in [9.17, 15) is 0 Å². The van der Waals surface area contributed by atoms with Crippen LogP contribution in [0.3, 0.4) is 0 Å². The van der Waals surface area contributed by atoms with Crippen molar-refractivity contribution in [2.45, 2.75) is 26.2 Å². The van der Waals surface area contributed by atoms with Crippen LogP contribution >= 0.6 is 0 Å². The minimum atomic E-state index is -0.0501. The van der Waals surface area contributed by atoms with Gasteiger partial charge in [0.2, 0.25) is 0 Å². The molecule has 0 aliphatic heterocycles. The van der Waals surface area contributed by atoms with Gasteiger partial charge in [-0.2, -0.15) is 0 Å². The zero-order valence-electron chi connectivity index (χ0n) is 39.1. The van der Waals surface area contributed by atoms with Crippen LogP contribution in [0, 0.1) is 6.92 Å². The van der Waals surface area contributed by atoms with E-state index >= 15 is 0 Å². The van der Waals surface area contributed by atoms with Gasteiger partial charge in [0.15, 0.2) is 0 Å². The fraction of sp³-hybridized carbons (Fsp3) is 0.0606. The summed E-state index contributed by atoms with van der Waals surface area (Å²) in [5.74, 6) is 0. The molecule has 0 amide bonds. The van der Waals surface area contributed by atoms with E-state index in [4.69, 9.17) is 5.73 Å². The van der Waals surface area contributed by atoms with Crippen molar-refractivity contribution >= 4 is 61.4 Å². The van der Waals surface area contributed by atoms with E-state index in [1.54, 1.807) is 0 Å². The van der Waals surface area contributed by atoms with Crippen molar-refractivity contribution < 1.29 is 0 Å². The van der Waals surface area contributed by atoms with E-state index in [0.717, 1.165) is 72.8 Å². The van der Waals surface area contributed by atoms with Crippen LogP contribution in [0.5, 0.6) is 0 Å². The monoisotopic (exact) mass is 885 g/mol. The molecule has 11 aromatic carbocycles. The van der Waals surface area contributed by atoms with Crippen LogP contribution < -0.4 is 15.5 Å². The first-order chi connectivity index (χ1) is 33.8. The zero-order chi connectivity index (χ0) is 46.6. The van der Waals surface area contributed by atoms with E-state index in [2.05, 4.69) is 273 Å². The molecule has 0 saturated heterocycles. The molecule has 0 saturated carbocycles. The Labute approximate surface area is 405 Å². The maximum Gasteiger partial charge on any atom is 0.0468 e. The topological polar surface area (TPSA) is 32.5 Å². The zero-order valence-corrected chi connectivity index (χ0v) is 39.1. The Hall–Kier alpha value is -8.66. The van der Waals surface area contributed by atoms with Crippen LogP contribution in [0.25, 0.3) is 66.1 Å². The second-order valence-electron chi connectivity index (χ2n) is 18.9. The molecule has 1 aliphatic rings. The molecule has 0 heterocycles. The van der Waals surface area contributed by atoms with Gasteiger partial charge in [-0.25, -0.2) is 0 Å². The van der Waals surface area contributed by atoms with Crippen molar-refractivity contribution in [1.82, 2.24) is 0 Å². The second-order valence-corrected chi connectivity index (χ2v) is 18.9. The Morgan fingerprint density at radius 2 is 0.870 bits per heavy atom. The summed E-state index contributed by atoms with van der Waals surface area (Å²) in [6, 6.07) is 88.0. The number of para-hydroxylation sites is 2. The maximum atomic E-state index is 6.95. The quantitative estimate of drug-likeness (QED) is 0.147. The number of anilines is 7. The Balaban J connectivity index is 0.895. The van der Waals surface area contributed by atoms with E-state index < -0.39 is 0 Å². The van der Waals surface area contributed by atoms with Gasteiger partial charge in [0.25, 0.3) is 0 Å². The number of nitrogens with two attached hydrogens (primary N) is 1. The summed E-state index contributed by atoms with van der Waals surface area (Å²) in [5, 5.41) is 4.57. The Bertz CT molecular complexity index is 3720. The molecule has 3 heteroatoms. The Morgan fingerprint density at radius 1 is 0.333 bits per heavy atom. The molecule has 1 aliphatic carbocycles. The third-order valence-corrected chi connectivity index (χ3v) is 14.2. The Kier molecular flexibility index (Phi) is 10.2. The summed E-state index contributed by atoms with van der Waals surface area (Å²) in [6.45, 7) is 6.81. The second kappa shape index (κ2) is 16.9. The lowest BCUT2D eigenvalue weighted by molar-refractivity contribution is 0.660. The lowest BCUT2D eigenvalue weighted by Crippen LogP contribution is -2.15. The van der Waals surface area contributed by atoms with Gasteiger partial charge in [-0.3, -0.25) is 0 Å². The minimum absolute atomic E-state index is 0.0501. The third-order valence-electron chi connectivity index (χ3n) is 14.2. The number of rotatable bonds is 9. The highest BCUT2D eigenvalue weighted by atomic mass is 15.1. The predicted molar refractivity (Wildman–Crippen MR) is 294 cm³/mol. The van der Waals surface area contributed by atoms with Crippen molar-refractivity contribution in [2.75, 3.05) is 15.5 Å². The summed E-state index contributed by atoms with van der Waals surface area (Å²) < 4.78 is 0. The highest BCUT2D eigenvalue weighted by Crippen LogP contribution is 2.51. The molecule has 330 valence electrons. The third kappa shape index (κ3) is 7.31. The molecule has 12 rings (SSSR count). The number of nitrogens with zero attached hydrogens (tertiary/aromatic N) is 2. The SMILES string of the molecule is Cc1cccc(N(c2ccccc2)c2cccc(-c3cccc4cc(-c5cccc6c(-c7ccc(N(c8ccccc8)c8ccc9c(c8)-c8ccccc8C9(C)C)cc7)ccc(N)c56)ccc34)c2)c1. The number of hydrogen-bond donors (Lipinski definition) is 1. The summed E-state index contributed by atoms with van der Waals surface area (Å²) in [6.07, 6.45) is 0. The van der Waals surface area contributed by atoms with E-state index in [1.807, 2.05) is 0 Å². The van der Waals surface area contributed by atoms with Crippen molar-refractivity contribution in [3.05, 3.63) is 259 Å². The normalized spacial score (nSPS) is 12.4. The van der Waals surface area contributed by atoms with Crippen LogP contribution in [0.2, 0.25) is 0 Å². The molecule has 2 N–H and O–H groups in total. The molecule has 0 fully saturated rings. The molecule has 0 spiro atoms. The van der Waals surface area contributed by atoms with E-state index in [1.165, 1.54) is 49.7 Å². The molecule has 11 aromatic rings. The molecule has 0 atom stereocenters. The van der Waals surface area contributed by atoms with Crippen molar-refractivity contribution in [3.8, 4) is 44.5 Å². The standard InChI is InChI=1S/C66H51N3/c1-44-16-12-23-52(40-44)69(50-21-8-5-9-22-50)53-24-13-17-47(42-53)55-26-14-18-46-41-48(32-36-57(46)55)58-27-15-28-60-56(37-39-64(67)65(58)60)45-30-33-51(34-31-45)68(49-19-6-4-7-20-49)54-35-38-63-61(43-54)59-25-10-11-29-62(59)66(63,2)3/h4-43H,67H2,1-3H3. The molecule has 0 bridgehead atoms. The van der Waals surface area contributed by atoms with Gasteiger partial charge >= 0.3 is 0 Å². The molecule has 3 nitrogen and oxygen atoms in total. The van der Waals surface area contributed by atoms with Crippen molar-refractivity contribution in [3.63, 3.8) is 0 Å². The molecular weight excluding hydrogens is 835 g/mol. The number of aryl methyl sites for hydroxylation is 1. The fourth-order valence-electron chi connectivity index (χ4n) is 10.9. The van der Waals surface area contributed by atoms with E-state index in [0.29, 0.717) is 0 Å². The van der Waals surface area contributed by atoms with Gasteiger partial charge < -0.3 is 15.5 Å². The molecule has 0 radical (unpaired) electrons. The minimum Gasteiger partial charge on any atom is -0.398 e. The van der Waals surface area contributed by atoms with Gasteiger partial charge in [0, 0.05) is 50.6 Å². The highest BCUT2D eigenvalue weighted by molar-refractivity contribution is 6.11. The van der Waals surface area contributed by atoms with Gasteiger partial charge in [0.05, 0.1) is 0 Å². The van der Waals surface area contributed by atoms with Crippen LogP contribution in [-0.2, 0) is 5.41 Å². The first kappa shape index (κ1) is 41.7. The van der Waals surface area contributed by atoms with Crippen LogP contribution in [0.1, 0.15) is 30.5 Å². The van der Waals surface area contributed by atoms with E-state index in [-0.39, 0.29) is 5.41 Å². The molecule has 69 heavy (non-hydrogen) atoms. The number of nitrogen functional groups attached to an aromatic ring is 1. The summed E-state index contributed by atoms with van der Waals surface area (Å²) >= 11 is 0. The van der Waals surface area contributed by atoms with Gasteiger partial charge in [0.1, 0.15) is 0 Å². The lowest BCUT2D eigenvalue weighted by atomic mass is 9.82. The molecular formula is C66H51N3. The number of benzene rings is 11. The fourth-order valence-corrected chi connectivity index (χ4v) is 10.9. The summed E-state index contributed by atoms with van der Waals surface area (Å²) in [4.78, 5) is 4.70. The van der Waals surface area contributed by atoms with Crippen LogP contribution in [0.4, 0.5) is 39.8 Å². The average Bonchev–Trinajstić information content (AvgIpc) is 3.62. The van der Waals surface area contributed by atoms with Gasteiger partial charge in [-0.15, -0.1) is 0 Å². The maximum absolute atomic E-state index is 6.95. The highest BCUT2D eigenvalue weighted by Gasteiger charge is 2.35. The average molecular weight is 886 g/mol. The molecule has 0 unspecified atom stereocenters. The van der Waals surface area contributed by atoms with Crippen molar-refractivity contribution in [2.24, 2.45) is 0 Å². The lowest BCUT2D eigenvalue weighted by Gasteiger charge is -2.27. The first-order valence-electron chi connectivity index (χ1n) is 23.9. The number of hydrogen-bond acceptors (Lipinski definition) is 3. The summed E-state index contributed by atoms with van der Waals surface area (Å²) in [5.41, 5.74) is 27.8. The molecule has 0 aromatic heterocycles.